The fraction of sp³-hybridized carbons (Fsp3) is 0.0714. The Hall–Kier alpha value is -1.04. The molecule has 4 nitrogen and oxygen atoms in total. The SMILES string of the molecule is Cc1ccc2cc3ccccc3[se+]c2c1.[O-][Cl+3]([O-])([O-])[O-]. The van der Waals surface area contributed by atoms with Crippen molar-refractivity contribution in [1.82, 2.24) is 0 Å². The van der Waals surface area contributed by atoms with Crippen LogP contribution in [-0.2, 0) is 0 Å². The predicted molar refractivity (Wildman–Crippen MR) is 67.5 cm³/mol. The average molecular weight is 358 g/mol. The molecule has 3 aromatic rings. The monoisotopic (exact) mass is 358 g/mol. The van der Waals surface area contributed by atoms with Gasteiger partial charge in [0.2, 0.25) is 0 Å². The van der Waals surface area contributed by atoms with Gasteiger partial charge in [0, 0.05) is 0 Å². The number of benzene rings is 2. The molecule has 2 aromatic carbocycles. The molecule has 0 fully saturated rings. The molecular formula is C14H11ClO4Se. The standard InChI is InChI=1S/C14H11Se.ClHO4/c1-10-6-7-12-9-11-4-2-3-5-13(11)15-14(12)8-10;2-1(3,4)5/h2-9H,1H3;(H,2,3,4,5)/q+1;/p-1. The third kappa shape index (κ3) is 4.51. The zero-order valence-corrected chi connectivity index (χ0v) is 13.0. The second kappa shape index (κ2) is 6.16. The van der Waals surface area contributed by atoms with Crippen molar-refractivity contribution < 1.29 is 28.9 Å². The zero-order valence-electron chi connectivity index (χ0n) is 10.5. The first-order valence-corrected chi connectivity index (χ1v) is 8.62. The van der Waals surface area contributed by atoms with Gasteiger partial charge in [0.05, 0.1) is 0 Å². The Bertz CT molecular complexity index is 734. The van der Waals surface area contributed by atoms with Gasteiger partial charge >= 0.3 is 94.8 Å². The maximum Gasteiger partial charge on any atom is -0.112 e. The van der Waals surface area contributed by atoms with Crippen molar-refractivity contribution in [3.8, 4) is 0 Å². The first kappa shape index (κ1) is 15.4. The molecule has 20 heavy (non-hydrogen) atoms. The number of fused-ring (bicyclic) bond motifs is 2. The third-order valence-corrected chi connectivity index (χ3v) is 5.06. The van der Waals surface area contributed by atoms with Gasteiger partial charge in [-0.25, -0.2) is 18.6 Å². The van der Waals surface area contributed by atoms with E-state index >= 15 is 0 Å². The van der Waals surface area contributed by atoms with Crippen LogP contribution in [0.2, 0.25) is 0 Å². The summed E-state index contributed by atoms with van der Waals surface area (Å²) >= 11 is 0.479. The summed E-state index contributed by atoms with van der Waals surface area (Å²) in [6, 6.07) is 17.8. The molecule has 0 amide bonds. The number of rotatable bonds is 0. The van der Waals surface area contributed by atoms with Crippen LogP contribution in [0.1, 0.15) is 5.56 Å². The summed E-state index contributed by atoms with van der Waals surface area (Å²) < 4.78 is 37.0. The molecule has 0 saturated carbocycles. The van der Waals surface area contributed by atoms with Gasteiger partial charge in [-0.3, -0.25) is 0 Å². The van der Waals surface area contributed by atoms with Crippen molar-refractivity contribution in [3.05, 3.63) is 54.1 Å². The smallest absolute Gasteiger partial charge is 0.112 e. The van der Waals surface area contributed by atoms with Gasteiger partial charge in [0.15, 0.2) is 0 Å². The fourth-order valence-corrected chi connectivity index (χ4v) is 4.17. The number of hydrogen-bond acceptors (Lipinski definition) is 4. The normalized spacial score (nSPS) is 11.2. The molecule has 0 unspecified atom stereocenters. The fourth-order valence-electron chi connectivity index (χ4n) is 1.83. The van der Waals surface area contributed by atoms with Crippen molar-refractivity contribution in [2.24, 2.45) is 0 Å². The molecule has 3 rings (SSSR count). The molecule has 0 radical (unpaired) electrons. The Labute approximate surface area is 124 Å². The first-order chi connectivity index (χ1) is 9.33. The Balaban J connectivity index is 0.000000257. The van der Waals surface area contributed by atoms with Crippen LogP contribution < -0.4 is 18.6 Å². The van der Waals surface area contributed by atoms with Crippen LogP contribution in [0.3, 0.4) is 0 Å². The van der Waals surface area contributed by atoms with E-state index in [1.807, 2.05) is 0 Å². The number of aryl methyl sites for hydroxylation is 1. The van der Waals surface area contributed by atoms with Crippen LogP contribution in [0.25, 0.3) is 19.3 Å². The molecule has 6 heteroatoms. The summed E-state index contributed by atoms with van der Waals surface area (Å²) in [5, 5.41) is 2.80. The van der Waals surface area contributed by atoms with E-state index < -0.39 is 10.2 Å². The maximum atomic E-state index is 8.49. The zero-order chi connectivity index (χ0) is 14.8. The van der Waals surface area contributed by atoms with Gasteiger partial charge in [-0.2, -0.15) is 0 Å². The van der Waals surface area contributed by atoms with E-state index in [4.69, 9.17) is 18.6 Å². The second-order valence-electron chi connectivity index (χ2n) is 4.20. The van der Waals surface area contributed by atoms with Gasteiger partial charge in [0.1, 0.15) is 0 Å². The van der Waals surface area contributed by atoms with Crippen LogP contribution >= 0.6 is 0 Å². The van der Waals surface area contributed by atoms with E-state index in [0.29, 0.717) is 14.5 Å². The summed E-state index contributed by atoms with van der Waals surface area (Å²) in [7, 11) is -4.94. The Kier molecular flexibility index (Phi) is 4.73. The van der Waals surface area contributed by atoms with E-state index in [0.717, 1.165) is 0 Å². The first-order valence-electron chi connectivity index (χ1n) is 5.67. The van der Waals surface area contributed by atoms with Gasteiger partial charge in [-0.05, 0) is 0 Å². The van der Waals surface area contributed by atoms with Crippen molar-refractivity contribution in [2.45, 2.75) is 6.92 Å². The molecule has 1 heterocycles. The van der Waals surface area contributed by atoms with Crippen molar-refractivity contribution in [2.75, 3.05) is 0 Å². The topological polar surface area (TPSA) is 92.2 Å². The molecular weight excluding hydrogens is 347 g/mol. The van der Waals surface area contributed by atoms with Crippen LogP contribution in [0.4, 0.5) is 0 Å². The van der Waals surface area contributed by atoms with E-state index in [2.05, 4.69) is 55.5 Å². The molecule has 0 aliphatic rings. The second-order valence-corrected chi connectivity index (χ2v) is 7.23. The summed E-state index contributed by atoms with van der Waals surface area (Å²) in [6.07, 6.45) is 0. The van der Waals surface area contributed by atoms with Crippen LogP contribution in [0.5, 0.6) is 0 Å². The molecule has 0 N–H and O–H groups in total. The molecule has 0 bridgehead atoms. The largest absolute Gasteiger partial charge is 0.222 e. The minimum Gasteiger partial charge on any atom is -0.222 e. The van der Waals surface area contributed by atoms with Gasteiger partial charge in [0.25, 0.3) is 0 Å². The van der Waals surface area contributed by atoms with Gasteiger partial charge < -0.3 is 0 Å². The molecule has 0 spiro atoms. The summed E-state index contributed by atoms with van der Waals surface area (Å²) in [5.41, 5.74) is 1.36. The van der Waals surface area contributed by atoms with Gasteiger partial charge in [-0.1, -0.05) is 0 Å². The van der Waals surface area contributed by atoms with Crippen molar-refractivity contribution in [1.29, 1.82) is 0 Å². The minimum atomic E-state index is -4.94. The molecule has 1 aromatic heterocycles. The molecule has 0 saturated heterocycles. The van der Waals surface area contributed by atoms with E-state index in [9.17, 15) is 0 Å². The molecule has 0 aliphatic heterocycles. The average Bonchev–Trinajstić information content (AvgIpc) is 2.34. The van der Waals surface area contributed by atoms with Crippen molar-refractivity contribution >= 4 is 33.8 Å². The van der Waals surface area contributed by atoms with Crippen molar-refractivity contribution in [3.63, 3.8) is 0 Å². The van der Waals surface area contributed by atoms with E-state index in [-0.39, 0.29) is 0 Å². The van der Waals surface area contributed by atoms with Crippen LogP contribution in [0, 0.1) is 17.2 Å². The summed E-state index contributed by atoms with van der Waals surface area (Å²) in [4.78, 5) is 0. The Morgan fingerprint density at radius 1 is 0.800 bits per heavy atom. The van der Waals surface area contributed by atoms with E-state index in [1.165, 1.54) is 24.9 Å². The predicted octanol–water partition coefficient (Wildman–Crippen LogP) is -1.12. The Morgan fingerprint density at radius 3 is 2.10 bits per heavy atom. The van der Waals surface area contributed by atoms with E-state index in [1.54, 1.807) is 0 Å². The Morgan fingerprint density at radius 2 is 1.40 bits per heavy atom. The van der Waals surface area contributed by atoms with Crippen LogP contribution in [0.15, 0.2) is 48.5 Å². The number of halogens is 1. The summed E-state index contributed by atoms with van der Waals surface area (Å²) in [6.45, 7) is 2.16. The summed E-state index contributed by atoms with van der Waals surface area (Å²) in [5.74, 6) is 0. The maximum absolute atomic E-state index is 8.49. The third-order valence-electron chi connectivity index (χ3n) is 2.62. The quantitative estimate of drug-likeness (QED) is 0.376. The van der Waals surface area contributed by atoms with Gasteiger partial charge in [-0.15, -0.1) is 10.2 Å². The molecule has 0 aliphatic carbocycles. The number of hydrogen-bond donors (Lipinski definition) is 0. The molecule has 0 atom stereocenters. The molecule has 104 valence electrons. The minimum absolute atomic E-state index is 0.479. The van der Waals surface area contributed by atoms with Crippen LogP contribution in [-0.4, -0.2) is 14.5 Å².